The van der Waals surface area contributed by atoms with Crippen LogP contribution in [0.2, 0.25) is 5.02 Å². The fraction of sp³-hybridized carbons (Fsp3) is 0.500. The summed E-state index contributed by atoms with van der Waals surface area (Å²) >= 11 is 6.30. The van der Waals surface area contributed by atoms with Crippen molar-refractivity contribution in [2.75, 3.05) is 18.8 Å². The van der Waals surface area contributed by atoms with Crippen LogP contribution in [0, 0.1) is 12.7 Å². The molecular weight excluding hydrogens is 483 g/mol. The van der Waals surface area contributed by atoms with Gasteiger partial charge in [0, 0.05) is 49.8 Å². The highest BCUT2D eigenvalue weighted by atomic mass is 35.5. The van der Waals surface area contributed by atoms with Crippen LogP contribution in [-0.2, 0) is 0 Å². The number of aromatic nitrogens is 3. The zero-order valence-corrected chi connectivity index (χ0v) is 20.8. The lowest BCUT2D eigenvalue weighted by atomic mass is 9.94. The SMILES string of the molecule is Cc1nc(C(C)c2cc(Cl)c(F)c(C(O)N3CCC(F)(F)CC3)c2OC(C)C)n2ccnc(N)c12. The molecule has 4 rings (SSSR count). The molecule has 1 saturated heterocycles. The first-order valence-corrected chi connectivity index (χ1v) is 11.9. The van der Waals surface area contributed by atoms with E-state index in [4.69, 9.17) is 22.1 Å². The Morgan fingerprint density at radius 2 is 1.89 bits per heavy atom. The van der Waals surface area contributed by atoms with Crippen molar-refractivity contribution in [3.63, 3.8) is 0 Å². The monoisotopic (exact) mass is 511 g/mol. The first kappa shape index (κ1) is 25.5. The molecule has 190 valence electrons. The van der Waals surface area contributed by atoms with Crippen molar-refractivity contribution in [1.82, 2.24) is 19.3 Å². The van der Waals surface area contributed by atoms with Gasteiger partial charge in [-0.05, 0) is 26.8 Å². The summed E-state index contributed by atoms with van der Waals surface area (Å²) in [5.41, 5.74) is 7.72. The van der Waals surface area contributed by atoms with Gasteiger partial charge in [-0.2, -0.15) is 0 Å². The van der Waals surface area contributed by atoms with E-state index in [2.05, 4.69) is 9.97 Å². The van der Waals surface area contributed by atoms with Gasteiger partial charge in [-0.3, -0.25) is 9.30 Å². The van der Waals surface area contributed by atoms with Crippen molar-refractivity contribution in [2.24, 2.45) is 0 Å². The van der Waals surface area contributed by atoms with Gasteiger partial charge >= 0.3 is 0 Å². The van der Waals surface area contributed by atoms with E-state index in [1.54, 1.807) is 26.2 Å². The molecule has 3 N–H and O–H groups in total. The number of alkyl halides is 2. The molecule has 1 aromatic carbocycles. The molecule has 0 amide bonds. The summed E-state index contributed by atoms with van der Waals surface area (Å²) in [5.74, 6) is -3.07. The van der Waals surface area contributed by atoms with Crippen LogP contribution in [0.25, 0.3) is 5.52 Å². The van der Waals surface area contributed by atoms with E-state index in [0.29, 0.717) is 28.4 Å². The fourth-order valence-corrected chi connectivity index (χ4v) is 4.78. The molecule has 7 nitrogen and oxygen atoms in total. The third kappa shape index (κ3) is 4.79. The molecule has 0 aliphatic carbocycles. The van der Waals surface area contributed by atoms with Crippen molar-refractivity contribution in [2.45, 2.75) is 64.7 Å². The Kier molecular flexibility index (Phi) is 6.91. The number of aryl methyl sites for hydroxylation is 1. The number of piperidine rings is 1. The number of imidazole rings is 1. The minimum Gasteiger partial charge on any atom is -0.490 e. The average Bonchev–Trinajstić information content (AvgIpc) is 3.13. The molecule has 1 fully saturated rings. The largest absolute Gasteiger partial charge is 0.490 e. The highest BCUT2D eigenvalue weighted by molar-refractivity contribution is 6.31. The van der Waals surface area contributed by atoms with Crippen LogP contribution in [0.4, 0.5) is 19.0 Å². The average molecular weight is 512 g/mol. The Balaban J connectivity index is 1.85. The standard InChI is InChI=1S/C24H29ClF3N5O2/c1-12(2)35-20-15(13(3)22-31-14(4)19-21(29)30-7-10-33(19)22)11-16(25)18(26)17(20)23(34)32-8-5-24(27,28)6-9-32/h7,10-13,23,34H,5-6,8-9H2,1-4H3,(H2,29,30). The number of hydrogen-bond acceptors (Lipinski definition) is 6. The minimum atomic E-state index is -2.81. The van der Waals surface area contributed by atoms with Gasteiger partial charge in [0.2, 0.25) is 0 Å². The number of aliphatic hydroxyl groups is 1. The molecule has 0 saturated carbocycles. The first-order valence-electron chi connectivity index (χ1n) is 11.5. The summed E-state index contributed by atoms with van der Waals surface area (Å²) in [6.07, 6.45) is 0.564. The number of rotatable bonds is 6. The number of benzene rings is 1. The summed E-state index contributed by atoms with van der Waals surface area (Å²) in [6, 6.07) is 1.46. The molecular formula is C24H29ClF3N5O2. The normalized spacial score (nSPS) is 18.2. The highest BCUT2D eigenvalue weighted by Gasteiger charge is 2.39. The van der Waals surface area contributed by atoms with Gasteiger partial charge < -0.3 is 15.6 Å². The van der Waals surface area contributed by atoms with Crippen molar-refractivity contribution in [3.8, 4) is 5.75 Å². The van der Waals surface area contributed by atoms with Gasteiger partial charge in [0.15, 0.2) is 5.82 Å². The molecule has 2 aromatic heterocycles. The lowest BCUT2D eigenvalue weighted by Crippen LogP contribution is -2.41. The minimum absolute atomic E-state index is 0.0947. The summed E-state index contributed by atoms with van der Waals surface area (Å²) in [5, 5.41) is 11.0. The van der Waals surface area contributed by atoms with Crippen LogP contribution in [0.15, 0.2) is 18.5 Å². The Bertz CT molecular complexity index is 1240. The molecule has 1 aliphatic heterocycles. The Morgan fingerprint density at radius 3 is 2.51 bits per heavy atom. The van der Waals surface area contributed by atoms with E-state index in [9.17, 15) is 13.9 Å². The first-order chi connectivity index (χ1) is 16.4. The number of anilines is 1. The summed E-state index contributed by atoms with van der Waals surface area (Å²) in [7, 11) is 0. The van der Waals surface area contributed by atoms with Gasteiger partial charge in [-0.15, -0.1) is 0 Å². The highest BCUT2D eigenvalue weighted by Crippen LogP contribution is 2.44. The van der Waals surface area contributed by atoms with Crippen molar-refractivity contribution < 1.29 is 23.0 Å². The summed E-state index contributed by atoms with van der Waals surface area (Å²) in [4.78, 5) is 10.2. The lowest BCUT2D eigenvalue weighted by molar-refractivity contribution is -0.0974. The second-order valence-electron chi connectivity index (χ2n) is 9.24. The van der Waals surface area contributed by atoms with E-state index in [1.807, 2.05) is 18.2 Å². The van der Waals surface area contributed by atoms with Gasteiger partial charge in [0.25, 0.3) is 5.92 Å². The molecule has 2 atom stereocenters. The predicted octanol–water partition coefficient (Wildman–Crippen LogP) is 5.07. The molecule has 11 heteroatoms. The van der Waals surface area contributed by atoms with Gasteiger partial charge in [0.1, 0.15) is 29.1 Å². The predicted molar refractivity (Wildman–Crippen MR) is 128 cm³/mol. The molecule has 0 spiro atoms. The maximum absolute atomic E-state index is 15.4. The molecule has 3 aromatic rings. The van der Waals surface area contributed by atoms with Gasteiger partial charge in [-0.1, -0.05) is 18.5 Å². The van der Waals surface area contributed by atoms with Crippen molar-refractivity contribution >= 4 is 22.9 Å². The molecule has 0 radical (unpaired) electrons. The van der Waals surface area contributed by atoms with E-state index < -0.39 is 36.7 Å². The Hall–Kier alpha value is -2.56. The van der Waals surface area contributed by atoms with Gasteiger partial charge in [0.05, 0.1) is 22.4 Å². The van der Waals surface area contributed by atoms with Crippen LogP contribution < -0.4 is 10.5 Å². The number of aliphatic hydroxyl groups excluding tert-OH is 1. The third-order valence-corrected chi connectivity index (χ3v) is 6.64. The van der Waals surface area contributed by atoms with E-state index in [0.717, 1.165) is 0 Å². The van der Waals surface area contributed by atoms with Crippen molar-refractivity contribution in [3.05, 3.63) is 51.9 Å². The molecule has 0 bridgehead atoms. The molecule has 2 unspecified atom stereocenters. The topological polar surface area (TPSA) is 88.9 Å². The van der Waals surface area contributed by atoms with E-state index >= 15 is 4.39 Å². The maximum Gasteiger partial charge on any atom is 0.250 e. The summed E-state index contributed by atoms with van der Waals surface area (Å²) < 4.78 is 50.7. The smallest absolute Gasteiger partial charge is 0.250 e. The summed E-state index contributed by atoms with van der Waals surface area (Å²) in [6.45, 7) is 7.04. The number of ether oxygens (including phenoxy) is 1. The number of nitrogen functional groups attached to an aromatic ring is 1. The quantitative estimate of drug-likeness (QED) is 0.480. The van der Waals surface area contributed by atoms with E-state index in [1.165, 1.54) is 11.0 Å². The van der Waals surface area contributed by atoms with Crippen LogP contribution in [-0.4, -0.2) is 49.5 Å². The third-order valence-electron chi connectivity index (χ3n) is 6.36. The van der Waals surface area contributed by atoms with Crippen LogP contribution in [0.3, 0.4) is 0 Å². The van der Waals surface area contributed by atoms with Crippen LogP contribution >= 0.6 is 11.6 Å². The maximum atomic E-state index is 15.4. The Labute approximate surface area is 206 Å². The number of nitrogens with two attached hydrogens (primary N) is 1. The number of hydrogen-bond donors (Lipinski definition) is 2. The fourth-order valence-electron chi connectivity index (χ4n) is 4.56. The zero-order chi connectivity index (χ0) is 25.7. The number of fused-ring (bicyclic) bond motifs is 1. The van der Waals surface area contributed by atoms with E-state index in [-0.39, 0.29) is 35.5 Å². The number of halogens is 4. The van der Waals surface area contributed by atoms with Crippen LogP contribution in [0.5, 0.6) is 5.75 Å². The lowest BCUT2D eigenvalue weighted by Gasteiger charge is -2.36. The second kappa shape index (κ2) is 9.48. The second-order valence-corrected chi connectivity index (χ2v) is 9.65. The number of nitrogens with zero attached hydrogens (tertiary/aromatic N) is 4. The van der Waals surface area contributed by atoms with Gasteiger partial charge in [-0.25, -0.2) is 23.1 Å². The van der Waals surface area contributed by atoms with Crippen LogP contribution in [0.1, 0.15) is 68.4 Å². The number of likely N-dealkylation sites (tertiary alicyclic amines) is 1. The molecule has 3 heterocycles. The zero-order valence-electron chi connectivity index (χ0n) is 20.0. The molecule has 1 aliphatic rings. The molecule has 35 heavy (non-hydrogen) atoms. The van der Waals surface area contributed by atoms with Crippen molar-refractivity contribution in [1.29, 1.82) is 0 Å². The Morgan fingerprint density at radius 1 is 1.23 bits per heavy atom.